The molecular weight excluding hydrogens is 153 g/mol. The molecule has 0 aliphatic carbocycles. The lowest BCUT2D eigenvalue weighted by Crippen LogP contribution is -1.96. The maximum Gasteiger partial charge on any atom is 0.366 e. The molecular formula is C5H4FN3O2. The smallest absolute Gasteiger partial charge is 0.366 e. The minimum atomic E-state index is -0.827. The van der Waals surface area contributed by atoms with E-state index in [-0.39, 0.29) is 5.69 Å². The third-order valence-corrected chi connectivity index (χ3v) is 1.05. The van der Waals surface area contributed by atoms with Crippen LogP contribution < -0.4 is 5.73 Å². The SMILES string of the molecule is Nc1cnc([N+](=O)[O-])cc1F. The Morgan fingerprint density at radius 2 is 2.36 bits per heavy atom. The van der Waals surface area contributed by atoms with Crippen molar-refractivity contribution in [1.29, 1.82) is 0 Å². The molecule has 5 nitrogen and oxygen atoms in total. The molecule has 1 rings (SSSR count). The fraction of sp³-hybridized carbons (Fsp3) is 0. The Balaban J connectivity index is 3.15. The van der Waals surface area contributed by atoms with Crippen LogP contribution in [0.15, 0.2) is 12.3 Å². The van der Waals surface area contributed by atoms with Gasteiger partial charge in [0.2, 0.25) is 0 Å². The van der Waals surface area contributed by atoms with Crippen molar-refractivity contribution in [3.8, 4) is 0 Å². The second kappa shape index (κ2) is 2.49. The number of nitro groups is 1. The molecule has 0 radical (unpaired) electrons. The molecule has 2 N–H and O–H groups in total. The first-order valence-electron chi connectivity index (χ1n) is 2.66. The topological polar surface area (TPSA) is 82.0 Å². The lowest BCUT2D eigenvalue weighted by molar-refractivity contribution is -0.389. The lowest BCUT2D eigenvalue weighted by Gasteiger charge is -1.92. The monoisotopic (exact) mass is 157 g/mol. The van der Waals surface area contributed by atoms with Gasteiger partial charge in [0.1, 0.15) is 5.69 Å². The van der Waals surface area contributed by atoms with E-state index in [0.717, 1.165) is 6.20 Å². The summed E-state index contributed by atoms with van der Waals surface area (Å²) in [5.41, 5.74) is 4.83. The molecule has 0 aliphatic heterocycles. The van der Waals surface area contributed by atoms with Crippen LogP contribution in [-0.2, 0) is 0 Å². The second-order valence-corrected chi connectivity index (χ2v) is 1.82. The van der Waals surface area contributed by atoms with Crippen LogP contribution >= 0.6 is 0 Å². The third kappa shape index (κ3) is 1.40. The van der Waals surface area contributed by atoms with E-state index in [4.69, 9.17) is 5.73 Å². The van der Waals surface area contributed by atoms with Gasteiger partial charge in [-0.25, -0.2) is 4.39 Å². The van der Waals surface area contributed by atoms with Crippen molar-refractivity contribution < 1.29 is 9.31 Å². The standard InChI is InChI=1S/C5H4FN3O2/c6-3-1-5(9(10)11)8-2-4(3)7/h1-2H,7H2. The molecule has 0 fully saturated rings. The van der Waals surface area contributed by atoms with Crippen LogP contribution in [0.1, 0.15) is 0 Å². The van der Waals surface area contributed by atoms with E-state index in [2.05, 4.69) is 4.98 Å². The van der Waals surface area contributed by atoms with E-state index >= 15 is 0 Å². The normalized spacial score (nSPS) is 9.55. The van der Waals surface area contributed by atoms with Crippen molar-refractivity contribution in [2.24, 2.45) is 0 Å². The summed E-state index contributed by atoms with van der Waals surface area (Å²) in [6, 6.07) is 0.676. The predicted octanol–water partition coefficient (Wildman–Crippen LogP) is 0.711. The third-order valence-electron chi connectivity index (χ3n) is 1.05. The molecule has 0 amide bonds. The molecule has 0 atom stereocenters. The molecule has 0 unspecified atom stereocenters. The van der Waals surface area contributed by atoms with Crippen molar-refractivity contribution in [1.82, 2.24) is 4.98 Å². The minimum Gasteiger partial charge on any atom is -0.393 e. The highest BCUT2D eigenvalue weighted by molar-refractivity contribution is 5.40. The molecule has 0 bridgehead atoms. The summed E-state index contributed by atoms with van der Waals surface area (Å²) in [4.78, 5) is 12.5. The number of aromatic nitrogens is 1. The van der Waals surface area contributed by atoms with Crippen LogP contribution in [0.25, 0.3) is 0 Å². The number of anilines is 1. The van der Waals surface area contributed by atoms with Gasteiger partial charge in [-0.15, -0.1) is 0 Å². The number of nitrogen functional groups attached to an aromatic ring is 1. The maximum atomic E-state index is 12.5. The fourth-order valence-electron chi connectivity index (χ4n) is 0.531. The first kappa shape index (κ1) is 7.39. The quantitative estimate of drug-likeness (QED) is 0.480. The van der Waals surface area contributed by atoms with Crippen LogP contribution in [0.5, 0.6) is 0 Å². The Morgan fingerprint density at radius 3 is 2.82 bits per heavy atom. The van der Waals surface area contributed by atoms with Crippen molar-refractivity contribution in [3.05, 3.63) is 28.2 Å². The van der Waals surface area contributed by atoms with Gasteiger partial charge in [-0.2, -0.15) is 0 Å². The van der Waals surface area contributed by atoms with Crippen molar-refractivity contribution in [2.75, 3.05) is 5.73 Å². The average molecular weight is 157 g/mol. The highest BCUT2D eigenvalue weighted by atomic mass is 19.1. The molecule has 58 valence electrons. The van der Waals surface area contributed by atoms with E-state index in [9.17, 15) is 14.5 Å². The number of pyridine rings is 1. The first-order chi connectivity index (χ1) is 5.11. The number of hydrogen-bond donors (Lipinski definition) is 1. The van der Waals surface area contributed by atoms with Gasteiger partial charge in [0.25, 0.3) is 0 Å². The molecule has 1 heterocycles. The van der Waals surface area contributed by atoms with Crippen LogP contribution in [0.4, 0.5) is 15.9 Å². The Kier molecular flexibility index (Phi) is 1.67. The molecule has 0 saturated carbocycles. The number of hydrogen-bond acceptors (Lipinski definition) is 4. The number of nitrogens with two attached hydrogens (primary N) is 1. The van der Waals surface area contributed by atoms with Gasteiger partial charge in [0, 0.05) is 0 Å². The largest absolute Gasteiger partial charge is 0.393 e. The minimum absolute atomic E-state index is 0.199. The predicted molar refractivity (Wildman–Crippen MR) is 35.3 cm³/mol. The highest BCUT2D eigenvalue weighted by Gasteiger charge is 2.10. The maximum absolute atomic E-state index is 12.5. The number of nitrogens with zero attached hydrogens (tertiary/aromatic N) is 2. The van der Waals surface area contributed by atoms with E-state index in [1.807, 2.05) is 0 Å². The van der Waals surface area contributed by atoms with Crippen molar-refractivity contribution >= 4 is 11.5 Å². The average Bonchev–Trinajstić information content (AvgIpc) is 1.94. The Morgan fingerprint density at radius 1 is 1.73 bits per heavy atom. The van der Waals surface area contributed by atoms with E-state index in [0.29, 0.717) is 6.07 Å². The summed E-state index contributed by atoms with van der Waals surface area (Å²) in [7, 11) is 0. The molecule has 1 aromatic rings. The van der Waals surface area contributed by atoms with Gasteiger partial charge in [-0.3, -0.25) is 0 Å². The summed E-state index contributed by atoms with van der Waals surface area (Å²) in [6.07, 6.45) is 0.910. The zero-order valence-electron chi connectivity index (χ0n) is 5.32. The van der Waals surface area contributed by atoms with E-state index < -0.39 is 16.6 Å². The van der Waals surface area contributed by atoms with Gasteiger partial charge in [0.15, 0.2) is 12.0 Å². The summed E-state index contributed by atoms with van der Waals surface area (Å²) < 4.78 is 12.5. The molecule has 11 heavy (non-hydrogen) atoms. The fourth-order valence-corrected chi connectivity index (χ4v) is 0.531. The second-order valence-electron chi connectivity index (χ2n) is 1.82. The molecule has 0 saturated heterocycles. The van der Waals surface area contributed by atoms with Crippen LogP contribution in [0, 0.1) is 15.9 Å². The summed E-state index contributed by atoms with van der Waals surface area (Å²) in [5, 5.41) is 10.0. The number of halogens is 1. The number of rotatable bonds is 1. The Bertz CT molecular complexity index is 302. The van der Waals surface area contributed by atoms with Crippen molar-refractivity contribution in [3.63, 3.8) is 0 Å². The highest BCUT2D eigenvalue weighted by Crippen LogP contribution is 2.13. The van der Waals surface area contributed by atoms with Gasteiger partial charge in [0.05, 0.1) is 6.07 Å². The summed E-state index contributed by atoms with van der Waals surface area (Å²) in [6.45, 7) is 0. The van der Waals surface area contributed by atoms with Gasteiger partial charge >= 0.3 is 5.82 Å². The van der Waals surface area contributed by atoms with Crippen LogP contribution in [0.2, 0.25) is 0 Å². The van der Waals surface area contributed by atoms with E-state index in [1.165, 1.54) is 0 Å². The molecule has 0 spiro atoms. The lowest BCUT2D eigenvalue weighted by atomic mass is 10.4. The Hall–Kier alpha value is -1.72. The molecule has 1 aromatic heterocycles. The zero-order chi connectivity index (χ0) is 8.43. The van der Waals surface area contributed by atoms with Gasteiger partial charge in [-0.05, 0) is 9.91 Å². The van der Waals surface area contributed by atoms with E-state index in [1.54, 1.807) is 0 Å². The summed E-state index contributed by atoms with van der Waals surface area (Å²) in [5.74, 6) is -1.37. The first-order valence-corrected chi connectivity index (χ1v) is 2.66. The van der Waals surface area contributed by atoms with Crippen molar-refractivity contribution in [2.45, 2.75) is 0 Å². The van der Waals surface area contributed by atoms with Gasteiger partial charge < -0.3 is 15.8 Å². The molecule has 6 heteroatoms. The Labute approximate surface area is 60.8 Å². The molecule has 0 aliphatic rings. The molecule has 0 aromatic carbocycles. The zero-order valence-corrected chi connectivity index (χ0v) is 5.32. The van der Waals surface area contributed by atoms with Crippen LogP contribution in [-0.4, -0.2) is 9.91 Å². The van der Waals surface area contributed by atoms with Gasteiger partial charge in [-0.1, -0.05) is 0 Å². The summed E-state index contributed by atoms with van der Waals surface area (Å²) >= 11 is 0. The van der Waals surface area contributed by atoms with Crippen LogP contribution in [0.3, 0.4) is 0 Å².